The monoisotopic (exact) mass is 360 g/mol. The van der Waals surface area contributed by atoms with E-state index >= 15 is 0 Å². The van der Waals surface area contributed by atoms with Crippen molar-refractivity contribution in [2.75, 3.05) is 20.6 Å². The minimum absolute atomic E-state index is 0.0215. The van der Waals surface area contributed by atoms with Crippen molar-refractivity contribution in [3.63, 3.8) is 0 Å². The smallest absolute Gasteiger partial charge is 0.242 e. The predicted octanol–water partition coefficient (Wildman–Crippen LogP) is 3.93. The van der Waals surface area contributed by atoms with Crippen LogP contribution in [0.2, 0.25) is 5.02 Å². The minimum Gasteiger partial charge on any atom is -0.354 e. The van der Waals surface area contributed by atoms with Gasteiger partial charge in [0.15, 0.2) is 0 Å². The van der Waals surface area contributed by atoms with E-state index in [1.165, 1.54) is 11.6 Å². The van der Waals surface area contributed by atoms with Gasteiger partial charge in [-0.1, -0.05) is 41.9 Å². The van der Waals surface area contributed by atoms with Crippen LogP contribution in [0.15, 0.2) is 48.5 Å². The summed E-state index contributed by atoms with van der Waals surface area (Å²) in [5.41, 5.74) is 1.55. The third kappa shape index (κ3) is 3.86. The van der Waals surface area contributed by atoms with Gasteiger partial charge in [-0.05, 0) is 50.7 Å². The van der Waals surface area contributed by atoms with Crippen LogP contribution >= 0.6 is 11.6 Å². The van der Waals surface area contributed by atoms with E-state index in [9.17, 15) is 9.18 Å². The molecule has 1 unspecified atom stereocenters. The van der Waals surface area contributed by atoms with E-state index in [4.69, 9.17) is 11.6 Å². The molecular weight excluding hydrogens is 339 g/mol. The topological polar surface area (TPSA) is 32.3 Å². The molecule has 2 aromatic carbocycles. The molecule has 132 valence electrons. The number of hydrogen-bond donors (Lipinski definition) is 1. The maximum absolute atomic E-state index is 14.1. The summed E-state index contributed by atoms with van der Waals surface area (Å²) in [5, 5.41) is 3.73. The average molecular weight is 361 g/mol. The number of carbonyl (C=O) groups is 1. The summed E-state index contributed by atoms with van der Waals surface area (Å²) in [6.45, 7) is 0.548. The Labute approximate surface area is 152 Å². The van der Waals surface area contributed by atoms with Crippen LogP contribution in [-0.4, -0.2) is 31.4 Å². The van der Waals surface area contributed by atoms with Crippen LogP contribution < -0.4 is 5.32 Å². The predicted molar refractivity (Wildman–Crippen MR) is 98.2 cm³/mol. The minimum atomic E-state index is -0.651. The fourth-order valence-corrected chi connectivity index (χ4v) is 3.35. The number of likely N-dealkylation sites (N-methyl/N-ethyl adjacent to an activating group) is 1. The number of rotatable bonds is 6. The molecule has 0 aromatic heterocycles. The third-order valence-electron chi connectivity index (χ3n) is 4.88. The molecule has 0 aliphatic heterocycles. The van der Waals surface area contributed by atoms with E-state index in [1.807, 2.05) is 24.3 Å². The van der Waals surface area contributed by atoms with Crippen LogP contribution in [0, 0.1) is 5.82 Å². The Bertz CT molecular complexity index is 757. The van der Waals surface area contributed by atoms with Gasteiger partial charge in [0.25, 0.3) is 0 Å². The third-order valence-corrected chi connectivity index (χ3v) is 5.13. The maximum Gasteiger partial charge on any atom is 0.242 e. The zero-order valence-electron chi connectivity index (χ0n) is 14.4. The standard InChI is InChI=1S/C20H22ClFN2O/c1-24(2)18(16-5-3-4-6-17(16)22)19(25)23-13-20(11-12-20)14-7-9-15(21)10-8-14/h3-10,18H,11-13H2,1-2H3,(H,23,25). The highest BCUT2D eigenvalue weighted by atomic mass is 35.5. The van der Waals surface area contributed by atoms with Gasteiger partial charge in [0.1, 0.15) is 11.9 Å². The molecule has 0 heterocycles. The van der Waals surface area contributed by atoms with Crippen LogP contribution in [0.25, 0.3) is 0 Å². The highest BCUT2D eigenvalue weighted by molar-refractivity contribution is 6.30. The summed E-state index contributed by atoms with van der Waals surface area (Å²) in [7, 11) is 3.56. The molecule has 1 aliphatic carbocycles. The first-order valence-electron chi connectivity index (χ1n) is 8.37. The molecule has 0 bridgehead atoms. The molecule has 3 rings (SSSR count). The van der Waals surface area contributed by atoms with Crippen molar-refractivity contribution < 1.29 is 9.18 Å². The van der Waals surface area contributed by atoms with E-state index in [1.54, 1.807) is 37.2 Å². The van der Waals surface area contributed by atoms with Gasteiger partial charge in [-0.3, -0.25) is 9.69 Å². The van der Waals surface area contributed by atoms with Crippen molar-refractivity contribution in [3.05, 3.63) is 70.5 Å². The number of benzene rings is 2. The van der Waals surface area contributed by atoms with Crippen molar-refractivity contribution >= 4 is 17.5 Å². The lowest BCUT2D eigenvalue weighted by molar-refractivity contribution is -0.126. The number of nitrogens with zero attached hydrogens (tertiary/aromatic N) is 1. The molecule has 0 spiro atoms. The molecule has 25 heavy (non-hydrogen) atoms. The van der Waals surface area contributed by atoms with E-state index in [0.717, 1.165) is 12.8 Å². The quantitative estimate of drug-likeness (QED) is 0.846. The number of hydrogen-bond acceptors (Lipinski definition) is 2. The van der Waals surface area contributed by atoms with Gasteiger partial charge in [-0.25, -0.2) is 4.39 Å². The number of nitrogens with one attached hydrogen (secondary N) is 1. The molecule has 1 N–H and O–H groups in total. The van der Waals surface area contributed by atoms with Crippen LogP contribution in [-0.2, 0) is 10.2 Å². The van der Waals surface area contributed by atoms with Crippen molar-refractivity contribution in [1.82, 2.24) is 10.2 Å². The Morgan fingerprint density at radius 3 is 2.40 bits per heavy atom. The number of amides is 1. The van der Waals surface area contributed by atoms with Gasteiger partial charge in [-0.2, -0.15) is 0 Å². The van der Waals surface area contributed by atoms with Crippen LogP contribution in [0.4, 0.5) is 4.39 Å². The summed E-state index contributed by atoms with van der Waals surface area (Å²) in [5.74, 6) is -0.550. The second kappa shape index (κ2) is 7.14. The second-order valence-corrected chi connectivity index (χ2v) is 7.33. The van der Waals surface area contributed by atoms with Gasteiger partial charge >= 0.3 is 0 Å². The van der Waals surface area contributed by atoms with Crippen LogP contribution in [0.5, 0.6) is 0 Å². The Kier molecular flexibility index (Phi) is 5.11. The zero-order valence-corrected chi connectivity index (χ0v) is 15.2. The van der Waals surface area contributed by atoms with Gasteiger partial charge in [0.2, 0.25) is 5.91 Å². The summed E-state index contributed by atoms with van der Waals surface area (Å²) in [6, 6.07) is 13.6. The molecular formula is C20H22ClFN2O. The number of halogens is 2. The Morgan fingerprint density at radius 1 is 1.20 bits per heavy atom. The highest BCUT2D eigenvalue weighted by Gasteiger charge is 2.44. The lowest BCUT2D eigenvalue weighted by Crippen LogP contribution is -2.40. The van der Waals surface area contributed by atoms with Crippen molar-refractivity contribution in [2.24, 2.45) is 0 Å². The highest BCUT2D eigenvalue weighted by Crippen LogP contribution is 2.47. The molecule has 3 nitrogen and oxygen atoms in total. The van der Waals surface area contributed by atoms with Crippen LogP contribution in [0.3, 0.4) is 0 Å². The lowest BCUT2D eigenvalue weighted by Gasteiger charge is -2.26. The molecule has 1 atom stereocenters. The Hall–Kier alpha value is -1.91. The van der Waals surface area contributed by atoms with Gasteiger partial charge in [0.05, 0.1) is 0 Å². The van der Waals surface area contributed by atoms with E-state index in [0.29, 0.717) is 17.1 Å². The average Bonchev–Trinajstić information content (AvgIpc) is 3.36. The summed E-state index contributed by atoms with van der Waals surface area (Å²) < 4.78 is 14.1. The zero-order chi connectivity index (χ0) is 18.0. The van der Waals surface area contributed by atoms with Crippen molar-refractivity contribution in [1.29, 1.82) is 0 Å². The summed E-state index contributed by atoms with van der Waals surface area (Å²) in [6.07, 6.45) is 2.06. The van der Waals surface area contributed by atoms with E-state index in [-0.39, 0.29) is 17.1 Å². The van der Waals surface area contributed by atoms with Gasteiger partial charge in [0, 0.05) is 22.5 Å². The first-order chi connectivity index (χ1) is 11.9. The largest absolute Gasteiger partial charge is 0.354 e. The Balaban J connectivity index is 1.72. The fourth-order valence-electron chi connectivity index (χ4n) is 3.23. The molecule has 5 heteroatoms. The molecule has 1 amide bonds. The molecule has 0 saturated heterocycles. The SMILES string of the molecule is CN(C)C(C(=O)NCC1(c2ccc(Cl)cc2)CC1)c1ccccc1F. The van der Waals surface area contributed by atoms with E-state index in [2.05, 4.69) is 5.32 Å². The summed E-state index contributed by atoms with van der Waals surface area (Å²) >= 11 is 5.96. The van der Waals surface area contributed by atoms with Crippen LogP contribution in [0.1, 0.15) is 30.0 Å². The molecule has 1 saturated carbocycles. The van der Waals surface area contributed by atoms with Crippen molar-refractivity contribution in [3.8, 4) is 0 Å². The maximum atomic E-state index is 14.1. The van der Waals surface area contributed by atoms with Gasteiger partial charge in [-0.15, -0.1) is 0 Å². The Morgan fingerprint density at radius 2 is 1.84 bits per heavy atom. The summed E-state index contributed by atoms with van der Waals surface area (Å²) in [4.78, 5) is 14.5. The normalized spacial score (nSPS) is 16.5. The molecule has 1 fully saturated rings. The fraction of sp³-hybridized carbons (Fsp3) is 0.350. The van der Waals surface area contributed by atoms with Gasteiger partial charge < -0.3 is 5.32 Å². The molecule has 1 aliphatic rings. The van der Waals surface area contributed by atoms with Crippen molar-refractivity contribution in [2.45, 2.75) is 24.3 Å². The first-order valence-corrected chi connectivity index (χ1v) is 8.75. The molecule has 0 radical (unpaired) electrons. The lowest BCUT2D eigenvalue weighted by atomic mass is 9.95. The van der Waals surface area contributed by atoms with E-state index < -0.39 is 6.04 Å². The second-order valence-electron chi connectivity index (χ2n) is 6.89. The first kappa shape index (κ1) is 17.9. The molecule has 2 aromatic rings. The number of carbonyl (C=O) groups excluding carboxylic acids is 1.